The maximum atomic E-state index is 12.3. The maximum absolute atomic E-state index is 12.3. The van der Waals surface area contributed by atoms with Gasteiger partial charge in [-0.1, -0.05) is 53.7 Å². The van der Waals surface area contributed by atoms with Gasteiger partial charge < -0.3 is 4.74 Å². The van der Waals surface area contributed by atoms with Gasteiger partial charge >= 0.3 is 0 Å². The number of amides is 1. The Morgan fingerprint density at radius 2 is 1.56 bits per heavy atom. The highest BCUT2D eigenvalue weighted by molar-refractivity contribution is 5.95. The Balaban J connectivity index is 2.24. The summed E-state index contributed by atoms with van der Waals surface area (Å²) >= 11 is 0. The molecule has 0 fully saturated rings. The Hall–Kier alpha value is -2.62. The van der Waals surface area contributed by atoms with Crippen LogP contribution in [0.25, 0.3) is 0 Å². The van der Waals surface area contributed by atoms with Crippen LogP contribution >= 0.6 is 0 Å². The lowest BCUT2D eigenvalue weighted by Crippen LogP contribution is -2.18. The van der Waals surface area contributed by atoms with E-state index < -0.39 is 0 Å². The topological polar surface area (TPSA) is 50.7 Å². The summed E-state index contributed by atoms with van der Waals surface area (Å²) in [7, 11) is 1.57. The van der Waals surface area contributed by atoms with Gasteiger partial charge in [-0.15, -0.1) is 0 Å². The number of benzene rings is 2. The summed E-state index contributed by atoms with van der Waals surface area (Å²) in [5, 5.41) is 4.15. The zero-order valence-corrected chi connectivity index (χ0v) is 17.4. The van der Waals surface area contributed by atoms with Crippen molar-refractivity contribution in [3.8, 4) is 5.75 Å². The quantitative estimate of drug-likeness (QED) is 0.608. The van der Waals surface area contributed by atoms with Gasteiger partial charge in [-0.3, -0.25) is 4.79 Å². The van der Waals surface area contributed by atoms with Gasteiger partial charge in [0.25, 0.3) is 5.91 Å². The van der Waals surface area contributed by atoms with Gasteiger partial charge in [-0.05, 0) is 57.9 Å². The summed E-state index contributed by atoms with van der Waals surface area (Å²) < 4.78 is 5.15. The van der Waals surface area contributed by atoms with E-state index in [2.05, 4.69) is 70.3 Å². The molecule has 144 valence electrons. The molecule has 2 aromatic carbocycles. The molecule has 2 rings (SSSR count). The van der Waals surface area contributed by atoms with Crippen LogP contribution in [0, 0.1) is 0 Å². The van der Waals surface area contributed by atoms with Crippen LogP contribution in [0.15, 0.2) is 47.6 Å². The molecule has 1 N–H and O–H groups in total. The van der Waals surface area contributed by atoms with Gasteiger partial charge in [0.2, 0.25) is 0 Å². The molecular formula is C23H30N2O2. The van der Waals surface area contributed by atoms with Gasteiger partial charge in [-0.2, -0.15) is 5.10 Å². The molecule has 0 aliphatic rings. The van der Waals surface area contributed by atoms with Crippen LogP contribution in [-0.4, -0.2) is 19.2 Å². The predicted octanol–water partition coefficient (Wildman–Crippen LogP) is 5.05. The Morgan fingerprint density at radius 1 is 0.963 bits per heavy atom. The third-order valence-corrected chi connectivity index (χ3v) is 4.40. The number of nitrogens with zero attached hydrogens (tertiary/aromatic N) is 1. The summed E-state index contributed by atoms with van der Waals surface area (Å²) in [6.07, 6.45) is 1.70. The molecule has 0 radical (unpaired) electrons. The Kier molecular flexibility index (Phi) is 6.09. The molecule has 0 heterocycles. The standard InChI is InChI=1S/C23H30N2O2/c1-22(2,3)18-11-16(12-19(14-18)23(4,5)6)15-24-25-21(26)17-9-8-10-20(13-17)27-7/h8-15H,1-7H3,(H,25,26)/b24-15+. The Morgan fingerprint density at radius 3 is 2.07 bits per heavy atom. The normalized spacial score (nSPS) is 12.3. The van der Waals surface area contributed by atoms with Gasteiger partial charge in [-0.25, -0.2) is 5.43 Å². The van der Waals surface area contributed by atoms with E-state index in [0.29, 0.717) is 11.3 Å². The van der Waals surface area contributed by atoms with Crippen LogP contribution in [-0.2, 0) is 10.8 Å². The number of rotatable bonds is 4. The van der Waals surface area contributed by atoms with Crippen LogP contribution in [0.5, 0.6) is 5.75 Å². The fraction of sp³-hybridized carbons (Fsp3) is 0.391. The van der Waals surface area contributed by atoms with Crippen molar-refractivity contribution in [2.75, 3.05) is 7.11 Å². The van der Waals surface area contributed by atoms with Crippen molar-refractivity contribution in [1.82, 2.24) is 5.43 Å². The predicted molar refractivity (Wildman–Crippen MR) is 112 cm³/mol. The zero-order valence-electron chi connectivity index (χ0n) is 17.4. The number of carbonyl (C=O) groups is 1. The van der Waals surface area contributed by atoms with Gasteiger partial charge in [0.15, 0.2) is 0 Å². The first kappa shape index (κ1) is 20.7. The molecule has 0 spiro atoms. The third kappa shape index (κ3) is 5.68. The average Bonchev–Trinajstić information content (AvgIpc) is 2.60. The number of methoxy groups -OCH3 is 1. The summed E-state index contributed by atoms with van der Waals surface area (Å²) in [4.78, 5) is 12.3. The van der Waals surface area contributed by atoms with Gasteiger partial charge in [0, 0.05) is 5.56 Å². The molecule has 2 aromatic rings. The molecule has 0 saturated carbocycles. The van der Waals surface area contributed by atoms with Crippen molar-refractivity contribution in [1.29, 1.82) is 0 Å². The summed E-state index contributed by atoms with van der Waals surface area (Å²) in [5.41, 5.74) is 6.63. The second-order valence-corrected chi connectivity index (χ2v) is 8.77. The molecular weight excluding hydrogens is 336 g/mol. The van der Waals surface area contributed by atoms with Crippen molar-refractivity contribution < 1.29 is 9.53 Å². The van der Waals surface area contributed by atoms with Crippen molar-refractivity contribution >= 4 is 12.1 Å². The Bertz CT molecular complexity index is 808. The molecule has 0 bridgehead atoms. The molecule has 4 heteroatoms. The van der Waals surface area contributed by atoms with E-state index in [9.17, 15) is 4.79 Å². The van der Waals surface area contributed by atoms with Crippen molar-refractivity contribution in [3.63, 3.8) is 0 Å². The highest BCUT2D eigenvalue weighted by Gasteiger charge is 2.20. The first-order valence-electron chi connectivity index (χ1n) is 9.14. The van der Waals surface area contributed by atoms with E-state index in [-0.39, 0.29) is 16.7 Å². The lowest BCUT2D eigenvalue weighted by molar-refractivity contribution is 0.0955. The number of hydrazone groups is 1. The SMILES string of the molecule is COc1cccc(C(=O)N/N=C/c2cc(C(C)(C)C)cc(C(C)(C)C)c2)c1. The fourth-order valence-electron chi connectivity index (χ4n) is 2.59. The summed E-state index contributed by atoms with van der Waals surface area (Å²) in [6, 6.07) is 13.5. The van der Waals surface area contributed by atoms with E-state index in [1.54, 1.807) is 37.6 Å². The number of nitrogens with one attached hydrogen (secondary N) is 1. The minimum atomic E-state index is -0.270. The zero-order chi connectivity index (χ0) is 20.2. The van der Waals surface area contributed by atoms with Crippen LogP contribution in [0.1, 0.15) is 68.6 Å². The van der Waals surface area contributed by atoms with Crippen molar-refractivity contribution in [2.24, 2.45) is 5.10 Å². The molecule has 4 nitrogen and oxygen atoms in total. The van der Waals surface area contributed by atoms with Crippen LogP contribution in [0.3, 0.4) is 0 Å². The molecule has 0 saturated heterocycles. The van der Waals surface area contributed by atoms with E-state index in [4.69, 9.17) is 4.74 Å². The number of ether oxygens (including phenoxy) is 1. The fourth-order valence-corrected chi connectivity index (χ4v) is 2.59. The molecule has 0 aliphatic heterocycles. The van der Waals surface area contributed by atoms with E-state index in [1.807, 2.05) is 0 Å². The van der Waals surface area contributed by atoms with E-state index in [0.717, 1.165) is 5.56 Å². The summed E-state index contributed by atoms with van der Waals surface area (Å²) in [6.45, 7) is 13.2. The van der Waals surface area contributed by atoms with Crippen LogP contribution in [0.4, 0.5) is 0 Å². The van der Waals surface area contributed by atoms with Gasteiger partial charge in [0.1, 0.15) is 5.75 Å². The average molecular weight is 367 g/mol. The minimum Gasteiger partial charge on any atom is -0.497 e. The van der Waals surface area contributed by atoms with Gasteiger partial charge in [0.05, 0.1) is 13.3 Å². The van der Waals surface area contributed by atoms with Crippen molar-refractivity contribution in [2.45, 2.75) is 52.4 Å². The van der Waals surface area contributed by atoms with Crippen molar-refractivity contribution in [3.05, 3.63) is 64.7 Å². The van der Waals surface area contributed by atoms with Crippen LogP contribution in [0.2, 0.25) is 0 Å². The maximum Gasteiger partial charge on any atom is 0.271 e. The largest absolute Gasteiger partial charge is 0.497 e. The number of hydrogen-bond donors (Lipinski definition) is 1. The highest BCUT2D eigenvalue weighted by atomic mass is 16.5. The first-order chi connectivity index (χ1) is 12.5. The molecule has 0 unspecified atom stereocenters. The molecule has 27 heavy (non-hydrogen) atoms. The summed E-state index contributed by atoms with van der Waals surface area (Å²) in [5.74, 6) is 0.368. The number of hydrogen-bond acceptors (Lipinski definition) is 3. The minimum absolute atomic E-state index is 0.0354. The highest BCUT2D eigenvalue weighted by Crippen LogP contribution is 2.29. The van der Waals surface area contributed by atoms with E-state index in [1.165, 1.54) is 11.1 Å². The third-order valence-electron chi connectivity index (χ3n) is 4.40. The van der Waals surface area contributed by atoms with E-state index >= 15 is 0 Å². The molecule has 1 amide bonds. The molecule has 0 atom stereocenters. The molecule has 0 aromatic heterocycles. The lowest BCUT2D eigenvalue weighted by atomic mass is 9.80. The number of carbonyl (C=O) groups excluding carboxylic acids is 1. The smallest absolute Gasteiger partial charge is 0.271 e. The van der Waals surface area contributed by atoms with Crippen LogP contribution < -0.4 is 10.2 Å². The second kappa shape index (κ2) is 7.95. The monoisotopic (exact) mass is 366 g/mol. The first-order valence-corrected chi connectivity index (χ1v) is 9.14. The Labute approximate surface area is 162 Å². The lowest BCUT2D eigenvalue weighted by Gasteiger charge is -2.25. The molecule has 0 aliphatic carbocycles. The second-order valence-electron chi connectivity index (χ2n) is 8.77.